The molecular formula is C22H46NO7PS2. The summed E-state index contributed by atoms with van der Waals surface area (Å²) in [6, 6.07) is 0. The predicted octanol–water partition coefficient (Wildman–Crippen LogP) is 5.85. The Labute approximate surface area is 209 Å². The van der Waals surface area contributed by atoms with Crippen LogP contribution in [0.1, 0.15) is 74.1 Å². The van der Waals surface area contributed by atoms with Crippen molar-refractivity contribution in [3.05, 3.63) is 0 Å². The van der Waals surface area contributed by atoms with Crippen LogP contribution in [0.5, 0.6) is 0 Å². The van der Waals surface area contributed by atoms with Crippen molar-refractivity contribution < 1.29 is 32.4 Å². The molecule has 0 bridgehead atoms. The lowest BCUT2D eigenvalue weighted by Gasteiger charge is -2.27. The number of phosphoric acid groups is 1. The van der Waals surface area contributed by atoms with Crippen LogP contribution in [0.25, 0.3) is 0 Å². The molecule has 0 aliphatic heterocycles. The first-order valence-electron chi connectivity index (χ1n) is 11.6. The molecule has 198 valence electrons. The van der Waals surface area contributed by atoms with Crippen LogP contribution >= 0.6 is 29.4 Å². The lowest BCUT2D eigenvalue weighted by molar-refractivity contribution is -0.121. The third kappa shape index (κ3) is 21.2. The molecule has 0 aliphatic rings. The van der Waals surface area contributed by atoms with Crippen molar-refractivity contribution in [1.29, 1.82) is 0 Å². The number of rotatable bonds is 20. The number of carbonyl (C=O) groups excluding carboxylic acids is 1. The van der Waals surface area contributed by atoms with Crippen molar-refractivity contribution in [3.63, 3.8) is 0 Å². The Kier molecular flexibility index (Phi) is 17.7. The Hall–Kier alpha value is 0.200. The number of unbranched alkanes of at least 4 members (excludes halogenated alkanes) is 1. The molecule has 0 radical (unpaired) electrons. The molecule has 0 rings (SSSR count). The van der Waals surface area contributed by atoms with E-state index in [9.17, 15) is 9.36 Å². The van der Waals surface area contributed by atoms with E-state index in [1.54, 1.807) is 42.5 Å². The molecular weight excluding hydrogens is 485 g/mol. The molecule has 0 saturated heterocycles. The number of methoxy groups -OCH3 is 1. The minimum atomic E-state index is -3.58. The van der Waals surface area contributed by atoms with Gasteiger partial charge in [0.15, 0.2) is 0 Å². The van der Waals surface area contributed by atoms with E-state index in [1.807, 2.05) is 20.8 Å². The van der Waals surface area contributed by atoms with Crippen molar-refractivity contribution in [3.8, 4) is 0 Å². The lowest BCUT2D eigenvalue weighted by Crippen LogP contribution is -2.29. The third-order valence-electron chi connectivity index (χ3n) is 3.84. The Bertz CT molecular complexity index is 571. The van der Waals surface area contributed by atoms with Crippen LogP contribution in [-0.4, -0.2) is 68.2 Å². The van der Waals surface area contributed by atoms with Crippen LogP contribution in [0.15, 0.2) is 0 Å². The Morgan fingerprint density at radius 2 is 1.73 bits per heavy atom. The highest BCUT2D eigenvalue weighted by molar-refractivity contribution is 8.77. The first-order chi connectivity index (χ1) is 15.3. The van der Waals surface area contributed by atoms with Crippen molar-refractivity contribution >= 4 is 35.3 Å². The second kappa shape index (κ2) is 17.6. The summed E-state index contributed by atoms with van der Waals surface area (Å²) in [5.41, 5.74) is -0.614. The zero-order valence-corrected chi connectivity index (χ0v) is 24.3. The molecule has 33 heavy (non-hydrogen) atoms. The van der Waals surface area contributed by atoms with E-state index < -0.39 is 13.4 Å². The number of carbonyl (C=O) groups is 1. The van der Waals surface area contributed by atoms with Crippen molar-refractivity contribution in [1.82, 2.24) is 5.32 Å². The standard InChI is InChI=1S/C22H46NO7PS2/c1-19(2)29-31(25,30-21(3,4)5)28-14-9-10-18-32-33-22(6,7)12-11-20(24)23-13-15-27-17-16-26-8/h19H,9-18H2,1-8H3,(H,23,24). The van der Waals surface area contributed by atoms with E-state index in [2.05, 4.69) is 19.2 Å². The Morgan fingerprint density at radius 1 is 1.03 bits per heavy atom. The van der Waals surface area contributed by atoms with Gasteiger partial charge in [-0.3, -0.25) is 18.4 Å². The molecule has 1 amide bonds. The second-order valence-corrected chi connectivity index (χ2v) is 14.1. The molecule has 0 spiro atoms. The van der Waals surface area contributed by atoms with Crippen LogP contribution in [0.2, 0.25) is 0 Å². The van der Waals surface area contributed by atoms with E-state index in [-0.39, 0.29) is 16.8 Å². The van der Waals surface area contributed by atoms with Gasteiger partial charge in [0.2, 0.25) is 5.91 Å². The van der Waals surface area contributed by atoms with Crippen LogP contribution in [-0.2, 0) is 32.4 Å². The van der Waals surface area contributed by atoms with Gasteiger partial charge in [0, 0.05) is 30.6 Å². The van der Waals surface area contributed by atoms with Crippen molar-refractivity contribution in [2.75, 3.05) is 45.8 Å². The van der Waals surface area contributed by atoms with Gasteiger partial charge in [-0.1, -0.05) is 21.6 Å². The molecule has 11 heteroatoms. The molecule has 0 aromatic heterocycles. The number of hydrogen-bond donors (Lipinski definition) is 1. The number of nitrogens with one attached hydrogen (secondary N) is 1. The summed E-state index contributed by atoms with van der Waals surface area (Å²) >= 11 is 0. The fourth-order valence-corrected chi connectivity index (χ4v) is 6.78. The average molecular weight is 532 g/mol. The fraction of sp³-hybridized carbons (Fsp3) is 0.955. The number of ether oxygens (including phenoxy) is 2. The Balaban J connectivity index is 3.98. The van der Waals surface area contributed by atoms with Crippen molar-refractivity contribution in [2.45, 2.75) is 90.6 Å². The molecule has 8 nitrogen and oxygen atoms in total. The molecule has 1 unspecified atom stereocenters. The summed E-state index contributed by atoms with van der Waals surface area (Å²) in [6.45, 7) is 15.8. The minimum Gasteiger partial charge on any atom is -0.382 e. The maximum atomic E-state index is 12.8. The van der Waals surface area contributed by atoms with Crippen LogP contribution in [0.3, 0.4) is 0 Å². The molecule has 1 atom stereocenters. The zero-order valence-electron chi connectivity index (χ0n) is 21.8. The van der Waals surface area contributed by atoms with E-state index in [0.29, 0.717) is 39.4 Å². The van der Waals surface area contributed by atoms with E-state index in [4.69, 9.17) is 23.0 Å². The Morgan fingerprint density at radius 3 is 2.33 bits per heavy atom. The van der Waals surface area contributed by atoms with Gasteiger partial charge in [0.25, 0.3) is 0 Å². The van der Waals surface area contributed by atoms with E-state index >= 15 is 0 Å². The average Bonchev–Trinajstić information content (AvgIpc) is 2.66. The van der Waals surface area contributed by atoms with Crippen molar-refractivity contribution in [2.24, 2.45) is 0 Å². The minimum absolute atomic E-state index is 0.00513. The molecule has 0 fully saturated rings. The number of hydrogen-bond acceptors (Lipinski definition) is 9. The molecule has 0 saturated carbocycles. The fourth-order valence-electron chi connectivity index (χ4n) is 2.36. The summed E-state index contributed by atoms with van der Waals surface area (Å²) in [5, 5.41) is 2.88. The highest BCUT2D eigenvalue weighted by Gasteiger charge is 2.33. The smallest absolute Gasteiger partial charge is 0.382 e. The van der Waals surface area contributed by atoms with Crippen LogP contribution < -0.4 is 5.32 Å². The second-order valence-electron chi connectivity index (χ2n) is 9.47. The monoisotopic (exact) mass is 531 g/mol. The highest BCUT2D eigenvalue weighted by atomic mass is 33.1. The van der Waals surface area contributed by atoms with Gasteiger partial charge in [0.1, 0.15) is 0 Å². The van der Waals surface area contributed by atoms with Crippen LogP contribution in [0.4, 0.5) is 0 Å². The van der Waals surface area contributed by atoms with Gasteiger partial charge in [-0.05, 0) is 67.7 Å². The molecule has 0 heterocycles. The van der Waals surface area contributed by atoms with Gasteiger partial charge in [-0.25, -0.2) is 4.57 Å². The molecule has 0 aromatic carbocycles. The lowest BCUT2D eigenvalue weighted by atomic mass is 10.1. The molecule has 1 N–H and O–H groups in total. The summed E-state index contributed by atoms with van der Waals surface area (Å²) in [5.74, 6) is 0.990. The quantitative estimate of drug-likeness (QED) is 0.118. The number of amides is 1. The van der Waals surface area contributed by atoms with E-state index in [1.165, 1.54) is 0 Å². The van der Waals surface area contributed by atoms with Gasteiger partial charge in [0.05, 0.1) is 38.1 Å². The summed E-state index contributed by atoms with van der Waals surface area (Å²) < 4.78 is 39.5. The van der Waals surface area contributed by atoms with Gasteiger partial charge < -0.3 is 14.8 Å². The van der Waals surface area contributed by atoms with Gasteiger partial charge >= 0.3 is 7.82 Å². The van der Waals surface area contributed by atoms with Gasteiger partial charge in [-0.15, -0.1) is 0 Å². The van der Waals surface area contributed by atoms with E-state index in [0.717, 1.165) is 25.0 Å². The van der Waals surface area contributed by atoms with Gasteiger partial charge in [-0.2, -0.15) is 0 Å². The highest BCUT2D eigenvalue weighted by Crippen LogP contribution is 2.53. The van der Waals surface area contributed by atoms with Crippen LogP contribution in [0, 0.1) is 0 Å². The first kappa shape index (κ1) is 33.2. The largest absolute Gasteiger partial charge is 0.475 e. The summed E-state index contributed by atoms with van der Waals surface area (Å²) in [4.78, 5) is 12.0. The first-order valence-corrected chi connectivity index (χ1v) is 15.3. The summed E-state index contributed by atoms with van der Waals surface area (Å²) in [6.07, 6.45) is 2.73. The molecule has 0 aliphatic carbocycles. The number of phosphoric ester groups is 1. The maximum absolute atomic E-state index is 12.8. The molecule has 0 aromatic rings. The normalized spacial score (nSPS) is 14.5. The zero-order chi connectivity index (χ0) is 25.4. The predicted molar refractivity (Wildman–Crippen MR) is 139 cm³/mol. The third-order valence-corrected chi connectivity index (χ3v) is 9.22. The SMILES string of the molecule is COCCOCCNC(=O)CCC(C)(C)SSCCCCOP(=O)(OC(C)C)OC(C)(C)C. The summed E-state index contributed by atoms with van der Waals surface area (Å²) in [7, 11) is 1.63. The topological polar surface area (TPSA) is 92.3 Å². The maximum Gasteiger partial charge on any atom is 0.475 e.